The number of carbonyl (C=O) groups is 1. The van der Waals surface area contributed by atoms with Gasteiger partial charge in [0.25, 0.3) is 0 Å². The van der Waals surface area contributed by atoms with Gasteiger partial charge in [-0.15, -0.1) is 0 Å². The molecule has 0 aromatic carbocycles. The molecule has 0 saturated carbocycles. The van der Waals surface area contributed by atoms with Gasteiger partial charge in [0.15, 0.2) is 0 Å². The molecule has 5 nitrogen and oxygen atoms in total. The van der Waals surface area contributed by atoms with Gasteiger partial charge >= 0.3 is 6.09 Å². The third-order valence-electron chi connectivity index (χ3n) is 8.67. The summed E-state index contributed by atoms with van der Waals surface area (Å²) in [4.78, 5) is 16.8. The fourth-order valence-corrected chi connectivity index (χ4v) is 5.59. The zero-order chi connectivity index (χ0) is 34.3. The van der Waals surface area contributed by atoms with Crippen molar-refractivity contribution in [3.8, 4) is 0 Å². The molecule has 0 aliphatic rings. The van der Waals surface area contributed by atoms with Crippen LogP contribution in [0, 0.1) is 0 Å². The molecule has 0 unspecified atom stereocenters. The molecule has 0 aliphatic carbocycles. The largest absolute Gasteiger partial charge is 0.449 e. The van der Waals surface area contributed by atoms with Crippen LogP contribution in [-0.2, 0) is 9.47 Å². The number of amides is 1. The van der Waals surface area contributed by atoms with Crippen LogP contribution < -0.4 is 0 Å². The fraction of sp³-hybridized carbons (Fsp3) is 0.833. The fourth-order valence-electron chi connectivity index (χ4n) is 5.59. The van der Waals surface area contributed by atoms with Gasteiger partial charge in [-0.05, 0) is 91.1 Å². The van der Waals surface area contributed by atoms with Crippen LogP contribution in [0.2, 0.25) is 0 Å². The zero-order valence-corrected chi connectivity index (χ0v) is 32.0. The highest BCUT2D eigenvalue weighted by molar-refractivity contribution is 5.67. The first kappa shape index (κ1) is 45.4. The Hall–Kier alpha value is -1.59. The summed E-state index contributed by atoms with van der Waals surface area (Å²) in [5.74, 6) is 0. The maximum absolute atomic E-state index is 12.8. The van der Waals surface area contributed by atoms with E-state index in [9.17, 15) is 4.79 Å². The summed E-state index contributed by atoms with van der Waals surface area (Å²) in [5.41, 5.74) is 0. The molecule has 47 heavy (non-hydrogen) atoms. The Morgan fingerprint density at radius 1 is 0.468 bits per heavy atom. The molecule has 0 atom stereocenters. The minimum absolute atomic E-state index is 0.179. The average Bonchev–Trinajstić information content (AvgIpc) is 3.06. The van der Waals surface area contributed by atoms with Crippen molar-refractivity contribution in [3.05, 3.63) is 36.5 Å². The number of allylic oxidation sites excluding steroid dienone is 6. The summed E-state index contributed by atoms with van der Waals surface area (Å²) in [7, 11) is 4.10. The maximum atomic E-state index is 12.8. The van der Waals surface area contributed by atoms with Gasteiger partial charge in [0.1, 0.15) is 0 Å². The molecule has 0 heterocycles. The highest BCUT2D eigenvalue weighted by atomic mass is 16.6. The second kappa shape index (κ2) is 38.9. The van der Waals surface area contributed by atoms with E-state index in [0.29, 0.717) is 19.8 Å². The normalized spacial score (nSPS) is 12.0. The van der Waals surface area contributed by atoms with Gasteiger partial charge in [0, 0.05) is 26.2 Å². The van der Waals surface area contributed by atoms with Crippen LogP contribution >= 0.6 is 0 Å². The number of rotatable bonds is 36. The lowest BCUT2D eigenvalue weighted by Crippen LogP contribution is -2.36. The van der Waals surface area contributed by atoms with Crippen molar-refractivity contribution in [2.45, 2.75) is 174 Å². The SMILES string of the molecule is CCCCCC=CCC=CCCCCCCCCN(CCOCCCCCCCCC=CCCCCCC)C(=O)OCCCN(C)C. The molecule has 5 heteroatoms. The van der Waals surface area contributed by atoms with Crippen molar-refractivity contribution >= 4 is 6.09 Å². The molecule has 0 spiro atoms. The van der Waals surface area contributed by atoms with Gasteiger partial charge in [-0.2, -0.15) is 0 Å². The first-order valence-electron chi connectivity index (χ1n) is 20.2. The van der Waals surface area contributed by atoms with Gasteiger partial charge in [0.05, 0.1) is 13.2 Å². The summed E-state index contributed by atoms with van der Waals surface area (Å²) >= 11 is 0. The van der Waals surface area contributed by atoms with Crippen LogP contribution in [0.4, 0.5) is 4.79 Å². The molecule has 276 valence electrons. The van der Waals surface area contributed by atoms with Crippen molar-refractivity contribution in [2.24, 2.45) is 0 Å². The first-order valence-corrected chi connectivity index (χ1v) is 20.2. The van der Waals surface area contributed by atoms with Gasteiger partial charge in [-0.1, -0.05) is 134 Å². The maximum Gasteiger partial charge on any atom is 0.409 e. The molecule has 1 amide bonds. The highest BCUT2D eigenvalue weighted by Crippen LogP contribution is 2.11. The Bertz CT molecular complexity index is 719. The second-order valence-electron chi connectivity index (χ2n) is 13.7. The van der Waals surface area contributed by atoms with E-state index in [-0.39, 0.29) is 6.09 Å². The summed E-state index contributed by atoms with van der Waals surface area (Å²) in [6.45, 7) is 8.71. The Morgan fingerprint density at radius 2 is 0.936 bits per heavy atom. The van der Waals surface area contributed by atoms with Crippen LogP contribution in [0.1, 0.15) is 174 Å². The molecular weight excluding hydrogens is 580 g/mol. The molecule has 0 rings (SSSR count). The minimum atomic E-state index is -0.179. The predicted molar refractivity (Wildman–Crippen MR) is 206 cm³/mol. The molecule has 0 N–H and O–H groups in total. The monoisotopic (exact) mass is 661 g/mol. The summed E-state index contributed by atoms with van der Waals surface area (Å²) in [6.07, 6.45) is 45.0. The molecule has 0 aromatic rings. The van der Waals surface area contributed by atoms with Crippen molar-refractivity contribution in [1.29, 1.82) is 0 Å². The van der Waals surface area contributed by atoms with E-state index >= 15 is 0 Å². The standard InChI is InChI=1S/C42H80N2O3/c1-5-7-9-11-13-15-17-19-21-22-23-25-27-29-31-33-37-44(42(45)47-40-35-36-43(3)4)38-41-46-39-34-32-30-28-26-24-20-18-16-14-12-10-8-6-2/h13,15-16,18-19,21H,5-12,14,17,20,22-41H2,1-4H3. The second-order valence-corrected chi connectivity index (χ2v) is 13.7. The first-order chi connectivity index (χ1) is 23.1. The predicted octanol–water partition coefficient (Wildman–Crippen LogP) is 12.5. The molecule has 0 radical (unpaired) electrons. The Morgan fingerprint density at radius 3 is 1.51 bits per heavy atom. The van der Waals surface area contributed by atoms with E-state index in [1.165, 1.54) is 135 Å². The number of hydrogen-bond donors (Lipinski definition) is 0. The Balaban J connectivity index is 3.97. The molecule has 0 bridgehead atoms. The van der Waals surface area contributed by atoms with Crippen molar-refractivity contribution in [1.82, 2.24) is 9.80 Å². The third-order valence-corrected chi connectivity index (χ3v) is 8.67. The molecule has 0 aliphatic heterocycles. The molecule has 0 fully saturated rings. The van der Waals surface area contributed by atoms with E-state index in [2.05, 4.69) is 55.2 Å². The molecule has 0 aromatic heterocycles. The van der Waals surface area contributed by atoms with E-state index in [0.717, 1.165) is 45.4 Å². The van der Waals surface area contributed by atoms with Crippen LogP contribution in [0.15, 0.2) is 36.5 Å². The summed E-state index contributed by atoms with van der Waals surface area (Å²) < 4.78 is 11.5. The van der Waals surface area contributed by atoms with Crippen LogP contribution in [0.3, 0.4) is 0 Å². The topological polar surface area (TPSA) is 42.0 Å². The third kappa shape index (κ3) is 37.1. The van der Waals surface area contributed by atoms with E-state index in [1.54, 1.807) is 0 Å². The Labute approximate surface area is 294 Å². The van der Waals surface area contributed by atoms with Gasteiger partial charge < -0.3 is 19.3 Å². The lowest BCUT2D eigenvalue weighted by Gasteiger charge is -2.22. The summed E-state index contributed by atoms with van der Waals surface area (Å²) in [5, 5.41) is 0. The number of carbonyl (C=O) groups excluding carboxylic acids is 1. The van der Waals surface area contributed by atoms with Crippen molar-refractivity contribution < 1.29 is 14.3 Å². The van der Waals surface area contributed by atoms with E-state index < -0.39 is 0 Å². The number of nitrogens with zero attached hydrogens (tertiary/aromatic N) is 2. The smallest absolute Gasteiger partial charge is 0.409 e. The number of ether oxygens (including phenoxy) is 2. The Kier molecular flexibility index (Phi) is 37.5. The molecule has 0 saturated heterocycles. The van der Waals surface area contributed by atoms with Gasteiger partial charge in [-0.25, -0.2) is 4.79 Å². The zero-order valence-electron chi connectivity index (χ0n) is 32.0. The van der Waals surface area contributed by atoms with Crippen molar-refractivity contribution in [3.63, 3.8) is 0 Å². The van der Waals surface area contributed by atoms with Crippen LogP contribution in [-0.4, -0.2) is 69.4 Å². The van der Waals surface area contributed by atoms with Gasteiger partial charge in [-0.3, -0.25) is 0 Å². The lowest BCUT2D eigenvalue weighted by molar-refractivity contribution is 0.0716. The van der Waals surface area contributed by atoms with Crippen LogP contribution in [0.5, 0.6) is 0 Å². The van der Waals surface area contributed by atoms with Crippen molar-refractivity contribution in [2.75, 3.05) is 53.6 Å². The van der Waals surface area contributed by atoms with E-state index in [4.69, 9.17) is 9.47 Å². The molecular formula is C42H80N2O3. The average molecular weight is 661 g/mol. The highest BCUT2D eigenvalue weighted by Gasteiger charge is 2.14. The van der Waals surface area contributed by atoms with E-state index in [1.807, 2.05) is 19.0 Å². The van der Waals surface area contributed by atoms with Crippen LogP contribution in [0.25, 0.3) is 0 Å². The number of hydrogen-bond acceptors (Lipinski definition) is 4. The number of unbranched alkanes of at least 4 members (excludes halogenated alkanes) is 19. The summed E-state index contributed by atoms with van der Waals surface area (Å²) in [6, 6.07) is 0. The minimum Gasteiger partial charge on any atom is -0.449 e. The lowest BCUT2D eigenvalue weighted by atomic mass is 10.1. The van der Waals surface area contributed by atoms with Gasteiger partial charge in [0.2, 0.25) is 0 Å². The quantitative estimate of drug-likeness (QED) is 0.0495.